The lowest BCUT2D eigenvalue weighted by atomic mass is 10.2. The molecule has 0 amide bonds. The van der Waals surface area contributed by atoms with Crippen LogP contribution in [0.15, 0.2) is 46.3 Å². The van der Waals surface area contributed by atoms with Crippen LogP contribution in [0.25, 0.3) is 5.69 Å². The molecule has 2 aromatic heterocycles. The van der Waals surface area contributed by atoms with Gasteiger partial charge in [0.05, 0.1) is 5.75 Å². The molecule has 1 aromatic carbocycles. The zero-order chi connectivity index (χ0) is 20.3. The first-order chi connectivity index (χ1) is 13.4. The van der Waals surface area contributed by atoms with Crippen LogP contribution in [0.5, 0.6) is 0 Å². The molecule has 0 radical (unpaired) electrons. The van der Waals surface area contributed by atoms with Crippen LogP contribution in [0.4, 0.5) is 4.39 Å². The van der Waals surface area contributed by atoms with Gasteiger partial charge >= 0.3 is 0 Å². The van der Waals surface area contributed by atoms with E-state index in [1.165, 1.54) is 30.0 Å². The fourth-order valence-electron chi connectivity index (χ4n) is 3.18. The molecule has 0 aliphatic heterocycles. The summed E-state index contributed by atoms with van der Waals surface area (Å²) in [6, 6.07) is 9.50. The van der Waals surface area contributed by atoms with Gasteiger partial charge < -0.3 is 9.55 Å². The van der Waals surface area contributed by atoms with Crippen molar-refractivity contribution in [2.24, 2.45) is 0 Å². The maximum absolute atomic E-state index is 13.2. The third-order valence-corrected chi connectivity index (χ3v) is 5.31. The number of rotatable bonds is 7. The van der Waals surface area contributed by atoms with Gasteiger partial charge in [0.15, 0.2) is 10.9 Å². The van der Waals surface area contributed by atoms with E-state index in [9.17, 15) is 14.0 Å². The maximum atomic E-state index is 13.2. The van der Waals surface area contributed by atoms with Gasteiger partial charge in [-0.1, -0.05) is 25.1 Å². The average Bonchev–Trinajstić information content (AvgIpc) is 2.95. The SMILES string of the molecule is CCCc1cc(=O)[nH]c(SCC(=O)c2cc(C)n(-c3ccc(F)cc3)c2C)n1. The predicted octanol–water partition coefficient (Wildman–Crippen LogP) is 4.24. The van der Waals surface area contributed by atoms with E-state index in [0.717, 1.165) is 35.6 Å². The van der Waals surface area contributed by atoms with E-state index < -0.39 is 0 Å². The highest BCUT2D eigenvalue weighted by molar-refractivity contribution is 7.99. The molecule has 146 valence electrons. The van der Waals surface area contributed by atoms with Gasteiger partial charge in [-0.25, -0.2) is 9.37 Å². The molecule has 0 unspecified atom stereocenters. The van der Waals surface area contributed by atoms with Crippen molar-refractivity contribution in [1.29, 1.82) is 0 Å². The summed E-state index contributed by atoms with van der Waals surface area (Å²) in [6.45, 7) is 5.81. The first-order valence-electron chi connectivity index (χ1n) is 9.10. The number of nitrogens with one attached hydrogen (secondary N) is 1. The van der Waals surface area contributed by atoms with Crippen LogP contribution in [-0.4, -0.2) is 26.1 Å². The number of halogens is 1. The van der Waals surface area contributed by atoms with E-state index in [0.29, 0.717) is 10.7 Å². The van der Waals surface area contributed by atoms with Crippen LogP contribution in [0.2, 0.25) is 0 Å². The van der Waals surface area contributed by atoms with Crippen LogP contribution in [0.3, 0.4) is 0 Å². The number of thioether (sulfide) groups is 1. The van der Waals surface area contributed by atoms with Crippen molar-refractivity contribution in [1.82, 2.24) is 14.5 Å². The second-order valence-electron chi connectivity index (χ2n) is 6.60. The minimum atomic E-state index is -0.300. The number of carbonyl (C=O) groups is 1. The van der Waals surface area contributed by atoms with Crippen LogP contribution < -0.4 is 5.56 Å². The monoisotopic (exact) mass is 399 g/mol. The first kappa shape index (κ1) is 20.1. The molecule has 1 N–H and O–H groups in total. The summed E-state index contributed by atoms with van der Waals surface area (Å²) in [5.41, 5.74) is 3.64. The van der Waals surface area contributed by atoms with Crippen molar-refractivity contribution in [3.8, 4) is 5.69 Å². The van der Waals surface area contributed by atoms with Gasteiger partial charge in [0.2, 0.25) is 0 Å². The van der Waals surface area contributed by atoms with Crippen molar-refractivity contribution in [3.05, 3.63) is 75.2 Å². The zero-order valence-electron chi connectivity index (χ0n) is 16.1. The van der Waals surface area contributed by atoms with Gasteiger partial charge in [-0.3, -0.25) is 9.59 Å². The van der Waals surface area contributed by atoms with Crippen LogP contribution in [0, 0.1) is 19.7 Å². The van der Waals surface area contributed by atoms with Gasteiger partial charge in [0.1, 0.15) is 5.82 Å². The Hall–Kier alpha value is -2.67. The summed E-state index contributed by atoms with van der Waals surface area (Å²) in [5.74, 6) is -0.174. The number of hydrogen-bond donors (Lipinski definition) is 1. The number of aromatic amines is 1. The van der Waals surface area contributed by atoms with E-state index in [4.69, 9.17) is 0 Å². The second-order valence-corrected chi connectivity index (χ2v) is 7.56. The molecule has 0 atom stereocenters. The molecule has 0 saturated carbocycles. The number of nitrogens with zero attached hydrogens (tertiary/aromatic N) is 2. The van der Waals surface area contributed by atoms with Crippen molar-refractivity contribution >= 4 is 17.5 Å². The standard InChI is InChI=1S/C21H22FN3O2S/c1-4-5-16-11-20(27)24-21(23-16)28-12-19(26)18-10-13(2)25(14(18)3)17-8-6-15(22)7-9-17/h6-11H,4-5,12H2,1-3H3,(H,23,24,27). The Morgan fingerprint density at radius 2 is 1.93 bits per heavy atom. The highest BCUT2D eigenvalue weighted by atomic mass is 32.2. The Balaban J connectivity index is 1.79. The molecule has 5 nitrogen and oxygen atoms in total. The fourth-order valence-corrected chi connectivity index (χ4v) is 3.96. The lowest BCUT2D eigenvalue weighted by Gasteiger charge is -2.10. The lowest BCUT2D eigenvalue weighted by molar-refractivity contribution is 0.102. The van der Waals surface area contributed by atoms with Crippen molar-refractivity contribution in [2.45, 2.75) is 38.8 Å². The number of hydrogen-bond acceptors (Lipinski definition) is 4. The van der Waals surface area contributed by atoms with Crippen LogP contribution >= 0.6 is 11.8 Å². The van der Waals surface area contributed by atoms with E-state index in [1.807, 2.05) is 31.4 Å². The normalized spacial score (nSPS) is 11.0. The number of H-pyrrole nitrogens is 1. The molecular formula is C21H22FN3O2S. The predicted molar refractivity (Wildman–Crippen MR) is 109 cm³/mol. The summed E-state index contributed by atoms with van der Waals surface area (Å²) in [4.78, 5) is 31.6. The number of Topliss-reactive ketones (excluding diaryl/α,β-unsaturated/α-hetero) is 1. The summed E-state index contributed by atoms with van der Waals surface area (Å²) in [7, 11) is 0. The zero-order valence-corrected chi connectivity index (χ0v) is 16.9. The topological polar surface area (TPSA) is 67.8 Å². The Bertz CT molecular complexity index is 1050. The smallest absolute Gasteiger partial charge is 0.251 e. The van der Waals surface area contributed by atoms with Crippen LogP contribution in [0.1, 0.15) is 40.8 Å². The molecule has 3 aromatic rings. The van der Waals surface area contributed by atoms with E-state index in [-0.39, 0.29) is 22.9 Å². The minimum absolute atomic E-state index is 0.0463. The number of aromatic nitrogens is 3. The molecule has 0 bridgehead atoms. The molecule has 2 heterocycles. The van der Waals surface area contributed by atoms with Crippen molar-refractivity contribution < 1.29 is 9.18 Å². The number of carbonyl (C=O) groups excluding carboxylic acids is 1. The highest BCUT2D eigenvalue weighted by Gasteiger charge is 2.17. The molecule has 28 heavy (non-hydrogen) atoms. The third-order valence-electron chi connectivity index (χ3n) is 4.44. The molecule has 0 saturated heterocycles. The molecule has 3 rings (SSSR count). The fraction of sp³-hybridized carbons (Fsp3) is 0.286. The maximum Gasteiger partial charge on any atom is 0.251 e. The highest BCUT2D eigenvalue weighted by Crippen LogP contribution is 2.23. The van der Waals surface area contributed by atoms with Crippen LogP contribution in [-0.2, 0) is 6.42 Å². The van der Waals surface area contributed by atoms with Crippen molar-refractivity contribution in [2.75, 3.05) is 5.75 Å². The Labute approximate surface area is 167 Å². The van der Waals surface area contributed by atoms with Gasteiger partial charge in [-0.2, -0.15) is 0 Å². The average molecular weight is 399 g/mol. The summed E-state index contributed by atoms with van der Waals surface area (Å²) in [5, 5.41) is 0.455. The number of ketones is 1. The quantitative estimate of drug-likeness (QED) is 0.366. The van der Waals surface area contributed by atoms with Gasteiger partial charge in [-0.15, -0.1) is 0 Å². The molecule has 7 heteroatoms. The molecule has 0 spiro atoms. The second kappa shape index (κ2) is 8.56. The van der Waals surface area contributed by atoms with E-state index >= 15 is 0 Å². The lowest BCUT2D eigenvalue weighted by Crippen LogP contribution is -2.11. The summed E-state index contributed by atoms with van der Waals surface area (Å²) < 4.78 is 15.1. The third kappa shape index (κ3) is 4.42. The number of benzene rings is 1. The Kier molecular flexibility index (Phi) is 6.14. The molecule has 0 fully saturated rings. The summed E-state index contributed by atoms with van der Waals surface area (Å²) >= 11 is 1.22. The van der Waals surface area contributed by atoms with Gasteiger partial charge in [-0.05, 0) is 50.6 Å². The Morgan fingerprint density at radius 1 is 1.21 bits per heavy atom. The summed E-state index contributed by atoms with van der Waals surface area (Å²) in [6.07, 6.45) is 1.62. The molecule has 0 aliphatic rings. The van der Waals surface area contributed by atoms with Gasteiger partial charge in [0.25, 0.3) is 5.56 Å². The number of aryl methyl sites for hydroxylation is 2. The molecular weight excluding hydrogens is 377 g/mol. The van der Waals surface area contributed by atoms with E-state index in [2.05, 4.69) is 9.97 Å². The Morgan fingerprint density at radius 3 is 2.61 bits per heavy atom. The van der Waals surface area contributed by atoms with Crippen molar-refractivity contribution in [3.63, 3.8) is 0 Å². The van der Waals surface area contributed by atoms with E-state index in [1.54, 1.807) is 12.1 Å². The largest absolute Gasteiger partial charge is 0.318 e. The first-order valence-corrected chi connectivity index (χ1v) is 10.1. The molecule has 0 aliphatic carbocycles. The van der Waals surface area contributed by atoms with Gasteiger partial charge in [0, 0.05) is 34.4 Å². The minimum Gasteiger partial charge on any atom is -0.318 e.